The lowest BCUT2D eigenvalue weighted by Crippen LogP contribution is -2.16. The minimum Gasteiger partial charge on any atom is -0.497 e. The normalized spacial score (nSPS) is 18.7. The zero-order valence-electron chi connectivity index (χ0n) is 15.2. The van der Waals surface area contributed by atoms with Crippen molar-refractivity contribution in [3.05, 3.63) is 69.6 Å². The van der Waals surface area contributed by atoms with Gasteiger partial charge in [0, 0.05) is 30.0 Å². The van der Waals surface area contributed by atoms with Crippen LogP contribution in [0.4, 0.5) is 0 Å². The van der Waals surface area contributed by atoms with E-state index in [1.807, 2.05) is 18.2 Å². The van der Waals surface area contributed by atoms with Gasteiger partial charge in [0.25, 0.3) is 5.56 Å². The van der Waals surface area contributed by atoms with Gasteiger partial charge in [-0.2, -0.15) is 0 Å². The quantitative estimate of drug-likeness (QED) is 0.882. The Morgan fingerprint density at radius 1 is 1.08 bits per heavy atom. The highest BCUT2D eigenvalue weighted by atomic mass is 16.5. The van der Waals surface area contributed by atoms with E-state index in [1.54, 1.807) is 7.11 Å². The molecule has 0 radical (unpaired) electrons. The fourth-order valence-electron chi connectivity index (χ4n) is 3.59. The molecule has 2 aliphatic rings. The van der Waals surface area contributed by atoms with Gasteiger partial charge in [0.1, 0.15) is 5.75 Å². The van der Waals surface area contributed by atoms with Crippen LogP contribution in [0.3, 0.4) is 0 Å². The van der Waals surface area contributed by atoms with Gasteiger partial charge in [-0.05, 0) is 61.3 Å². The Hall–Kier alpha value is -2.33. The molecule has 2 heterocycles. The highest BCUT2D eigenvalue weighted by Gasteiger charge is 2.26. The minimum absolute atomic E-state index is 0.0522. The van der Waals surface area contributed by atoms with Crippen molar-refractivity contribution < 1.29 is 9.47 Å². The topological polar surface area (TPSA) is 51.3 Å². The molecule has 136 valence electrons. The number of H-pyrrole nitrogens is 1. The van der Waals surface area contributed by atoms with E-state index >= 15 is 0 Å². The first-order valence-corrected chi connectivity index (χ1v) is 9.42. The molecule has 1 saturated carbocycles. The summed E-state index contributed by atoms with van der Waals surface area (Å²) >= 11 is 0. The summed E-state index contributed by atoms with van der Waals surface area (Å²) in [7, 11) is 1.67. The fourth-order valence-corrected chi connectivity index (χ4v) is 3.59. The van der Waals surface area contributed by atoms with E-state index in [9.17, 15) is 4.79 Å². The highest BCUT2D eigenvalue weighted by molar-refractivity contribution is 5.78. The number of hydrogen-bond acceptors (Lipinski definition) is 3. The zero-order valence-corrected chi connectivity index (χ0v) is 15.2. The van der Waals surface area contributed by atoms with Crippen LogP contribution in [0.5, 0.6) is 5.75 Å². The number of aromatic amines is 1. The first-order chi connectivity index (χ1) is 12.7. The van der Waals surface area contributed by atoms with Crippen LogP contribution in [-0.4, -0.2) is 25.3 Å². The molecule has 1 aliphatic carbocycles. The van der Waals surface area contributed by atoms with Crippen molar-refractivity contribution in [1.82, 2.24) is 4.98 Å². The van der Waals surface area contributed by atoms with Crippen molar-refractivity contribution in [2.75, 3.05) is 20.3 Å². The van der Waals surface area contributed by atoms with E-state index < -0.39 is 0 Å². The molecule has 0 spiro atoms. The SMILES string of the molecule is COc1ccc(C(=CC2CCOCC2)c2ccc(C3CC3)c(=O)[nH]2)cc1. The van der Waals surface area contributed by atoms with E-state index in [-0.39, 0.29) is 5.56 Å². The lowest BCUT2D eigenvalue weighted by atomic mass is 9.92. The molecular formula is C22H25NO3. The molecule has 1 saturated heterocycles. The Balaban J connectivity index is 1.72. The highest BCUT2D eigenvalue weighted by Crippen LogP contribution is 2.38. The molecular weight excluding hydrogens is 326 g/mol. The predicted molar refractivity (Wildman–Crippen MR) is 103 cm³/mol. The van der Waals surface area contributed by atoms with E-state index in [2.05, 4.69) is 29.3 Å². The number of aromatic nitrogens is 1. The number of nitrogens with one attached hydrogen (secondary N) is 1. The smallest absolute Gasteiger partial charge is 0.251 e. The second-order valence-electron chi connectivity index (χ2n) is 7.19. The number of pyridine rings is 1. The van der Waals surface area contributed by atoms with Crippen molar-refractivity contribution >= 4 is 5.57 Å². The molecule has 0 atom stereocenters. The largest absolute Gasteiger partial charge is 0.497 e. The van der Waals surface area contributed by atoms with Crippen molar-refractivity contribution in [2.45, 2.75) is 31.6 Å². The number of methoxy groups -OCH3 is 1. The zero-order chi connectivity index (χ0) is 17.9. The van der Waals surface area contributed by atoms with Crippen LogP contribution in [0.15, 0.2) is 47.3 Å². The van der Waals surface area contributed by atoms with Crippen molar-refractivity contribution in [3.8, 4) is 5.75 Å². The van der Waals surface area contributed by atoms with Gasteiger partial charge in [0.2, 0.25) is 0 Å². The number of benzene rings is 1. The van der Waals surface area contributed by atoms with Gasteiger partial charge < -0.3 is 14.5 Å². The molecule has 1 aliphatic heterocycles. The summed E-state index contributed by atoms with van der Waals surface area (Å²) < 4.78 is 10.8. The lowest BCUT2D eigenvalue weighted by Gasteiger charge is -2.21. The summed E-state index contributed by atoms with van der Waals surface area (Å²) in [5.74, 6) is 1.75. The van der Waals surface area contributed by atoms with E-state index in [4.69, 9.17) is 9.47 Å². The Kier molecular flexibility index (Phi) is 4.93. The summed E-state index contributed by atoms with van der Waals surface area (Å²) in [6.45, 7) is 1.60. The van der Waals surface area contributed by atoms with Gasteiger partial charge in [0.15, 0.2) is 0 Å². The van der Waals surface area contributed by atoms with Crippen LogP contribution in [0, 0.1) is 5.92 Å². The maximum atomic E-state index is 12.5. The molecule has 1 aromatic heterocycles. The average Bonchev–Trinajstić information content (AvgIpc) is 3.52. The van der Waals surface area contributed by atoms with E-state index in [0.29, 0.717) is 11.8 Å². The van der Waals surface area contributed by atoms with E-state index in [1.165, 1.54) is 0 Å². The number of hydrogen-bond donors (Lipinski definition) is 1. The van der Waals surface area contributed by atoms with Crippen molar-refractivity contribution in [1.29, 1.82) is 0 Å². The van der Waals surface area contributed by atoms with Crippen LogP contribution in [-0.2, 0) is 4.74 Å². The summed E-state index contributed by atoms with van der Waals surface area (Å²) in [4.78, 5) is 15.7. The summed E-state index contributed by atoms with van der Waals surface area (Å²) in [5, 5.41) is 0. The van der Waals surface area contributed by atoms with Crippen molar-refractivity contribution in [3.63, 3.8) is 0 Å². The molecule has 1 aromatic carbocycles. The van der Waals surface area contributed by atoms with Crippen LogP contribution >= 0.6 is 0 Å². The molecule has 26 heavy (non-hydrogen) atoms. The standard InChI is InChI=1S/C22H25NO3/c1-25-18-6-4-17(5-7-18)20(14-15-10-12-26-13-11-15)21-9-8-19(16-2-3-16)22(24)23-21/h4-9,14-16H,2-3,10-13H2,1H3,(H,23,24). The second kappa shape index (κ2) is 7.50. The molecule has 2 aromatic rings. The van der Waals surface area contributed by atoms with Gasteiger partial charge in [-0.25, -0.2) is 0 Å². The predicted octanol–water partition coefficient (Wildman–Crippen LogP) is 4.12. The van der Waals surface area contributed by atoms with Gasteiger partial charge in [-0.15, -0.1) is 0 Å². The first kappa shape index (κ1) is 17.1. The third-order valence-electron chi connectivity index (χ3n) is 5.32. The Morgan fingerprint density at radius 2 is 1.81 bits per heavy atom. The van der Waals surface area contributed by atoms with Gasteiger partial charge >= 0.3 is 0 Å². The Labute approximate surface area is 153 Å². The molecule has 0 amide bonds. The summed E-state index contributed by atoms with van der Waals surface area (Å²) in [6.07, 6.45) is 6.60. The molecule has 0 bridgehead atoms. The number of ether oxygens (including phenoxy) is 2. The number of allylic oxidation sites excluding steroid dienone is 1. The maximum absolute atomic E-state index is 12.5. The third kappa shape index (κ3) is 3.75. The van der Waals surface area contributed by atoms with Gasteiger partial charge in [0.05, 0.1) is 7.11 Å². The van der Waals surface area contributed by atoms with E-state index in [0.717, 1.165) is 67.0 Å². The maximum Gasteiger partial charge on any atom is 0.251 e. The van der Waals surface area contributed by atoms with Crippen LogP contribution in [0.2, 0.25) is 0 Å². The first-order valence-electron chi connectivity index (χ1n) is 9.42. The van der Waals surface area contributed by atoms with Crippen LogP contribution < -0.4 is 10.3 Å². The molecule has 4 rings (SSSR count). The monoisotopic (exact) mass is 351 g/mol. The fraction of sp³-hybridized carbons (Fsp3) is 0.409. The van der Waals surface area contributed by atoms with Crippen LogP contribution in [0.25, 0.3) is 5.57 Å². The molecule has 2 fully saturated rings. The molecule has 0 unspecified atom stereocenters. The Bertz CT molecular complexity index is 840. The van der Waals surface area contributed by atoms with Crippen molar-refractivity contribution in [2.24, 2.45) is 5.92 Å². The van der Waals surface area contributed by atoms with Gasteiger partial charge in [-0.1, -0.05) is 24.3 Å². The summed E-state index contributed by atoms with van der Waals surface area (Å²) in [6, 6.07) is 12.1. The molecule has 4 heteroatoms. The van der Waals surface area contributed by atoms with Crippen LogP contribution in [0.1, 0.15) is 48.4 Å². The molecule has 4 nitrogen and oxygen atoms in total. The Morgan fingerprint density at radius 3 is 2.42 bits per heavy atom. The average molecular weight is 351 g/mol. The number of rotatable bonds is 5. The lowest BCUT2D eigenvalue weighted by molar-refractivity contribution is 0.0786. The summed E-state index contributed by atoms with van der Waals surface area (Å²) in [5.41, 5.74) is 4.03. The molecule has 1 N–H and O–H groups in total. The minimum atomic E-state index is 0.0522. The third-order valence-corrected chi connectivity index (χ3v) is 5.32. The second-order valence-corrected chi connectivity index (χ2v) is 7.19. The van der Waals surface area contributed by atoms with Gasteiger partial charge in [-0.3, -0.25) is 4.79 Å².